The smallest absolute Gasteiger partial charge is 0.178 e. The minimum absolute atomic E-state index is 0.674. The van der Waals surface area contributed by atoms with Crippen LogP contribution in [0.25, 0.3) is 16.7 Å². The zero-order chi connectivity index (χ0) is 17.8. The van der Waals surface area contributed by atoms with Gasteiger partial charge in [0.1, 0.15) is 0 Å². The summed E-state index contributed by atoms with van der Waals surface area (Å²) in [7, 11) is 1.96. The van der Waals surface area contributed by atoms with Gasteiger partial charge in [-0.15, -0.1) is 10.2 Å². The normalized spacial score (nSPS) is 14.6. The molecule has 0 atom stereocenters. The van der Waals surface area contributed by atoms with E-state index in [0.29, 0.717) is 12.2 Å². The van der Waals surface area contributed by atoms with E-state index >= 15 is 0 Å². The molecule has 0 saturated carbocycles. The second kappa shape index (κ2) is 5.54. The largest absolute Gasteiger partial charge is 0.388 e. The number of allylic oxidation sites excluding steroid dienone is 3. The number of halogens is 1. The second-order valence-electron chi connectivity index (χ2n) is 6.53. The number of H-pyrrole nitrogens is 1. The van der Waals surface area contributed by atoms with Crippen LogP contribution in [0, 0.1) is 0 Å². The molecule has 0 fully saturated rings. The van der Waals surface area contributed by atoms with Crippen LogP contribution in [0.4, 0.5) is 5.69 Å². The first-order valence-corrected chi connectivity index (χ1v) is 8.85. The van der Waals surface area contributed by atoms with Gasteiger partial charge in [-0.25, -0.2) is 0 Å². The number of hydrogen-bond acceptors (Lipinski definition) is 4. The van der Waals surface area contributed by atoms with Crippen molar-refractivity contribution >= 4 is 34.0 Å². The molecule has 0 unspecified atom stereocenters. The van der Waals surface area contributed by atoms with Crippen LogP contribution in [-0.4, -0.2) is 27.7 Å². The van der Waals surface area contributed by atoms with E-state index in [-0.39, 0.29) is 0 Å². The maximum Gasteiger partial charge on any atom is 0.178 e. The zero-order valence-electron chi connectivity index (χ0n) is 14.4. The Morgan fingerprint density at radius 2 is 1.85 bits per heavy atom. The van der Waals surface area contributed by atoms with E-state index < -0.39 is 0 Å². The molecule has 1 aromatic heterocycles. The lowest BCUT2D eigenvalue weighted by Crippen LogP contribution is -2.03. The van der Waals surface area contributed by atoms with E-state index in [2.05, 4.69) is 57.1 Å². The van der Waals surface area contributed by atoms with Crippen LogP contribution in [0.2, 0.25) is 5.02 Å². The van der Waals surface area contributed by atoms with Crippen molar-refractivity contribution in [2.75, 3.05) is 12.4 Å². The van der Waals surface area contributed by atoms with E-state index in [1.54, 1.807) is 0 Å². The zero-order valence-corrected chi connectivity index (χ0v) is 15.1. The van der Waals surface area contributed by atoms with E-state index in [9.17, 15) is 0 Å². The van der Waals surface area contributed by atoms with Gasteiger partial charge in [0.2, 0.25) is 0 Å². The molecule has 0 aliphatic heterocycles. The highest BCUT2D eigenvalue weighted by Gasteiger charge is 2.38. The fourth-order valence-electron chi connectivity index (χ4n) is 4.12. The quantitative estimate of drug-likeness (QED) is 0.731. The summed E-state index contributed by atoms with van der Waals surface area (Å²) in [6.45, 7) is 2.18. The standard InChI is InChI=1S/C20H16ClN5/c1-10-14(9-16-23-25-26-24-16)19-13-7-8-15(22-2)20(19)18(17(10)13)11-3-5-12(21)6-4-11/h3-8,22H,9H2,1-2H3,(H,23,24,25,26). The second-order valence-corrected chi connectivity index (χ2v) is 6.96. The maximum absolute atomic E-state index is 6.10. The third-order valence-corrected chi connectivity index (χ3v) is 5.48. The molecule has 1 heterocycles. The van der Waals surface area contributed by atoms with Crippen LogP contribution in [-0.2, 0) is 6.42 Å². The van der Waals surface area contributed by atoms with Gasteiger partial charge in [-0.1, -0.05) is 35.0 Å². The molecule has 2 aliphatic carbocycles. The van der Waals surface area contributed by atoms with Crippen LogP contribution >= 0.6 is 11.6 Å². The number of hydrogen-bond donors (Lipinski definition) is 2. The third kappa shape index (κ3) is 2.01. The number of rotatable bonds is 4. The molecule has 2 aromatic carbocycles. The predicted octanol–water partition coefficient (Wildman–Crippen LogP) is 4.20. The lowest BCUT2D eigenvalue weighted by molar-refractivity contribution is 0.881. The Labute approximate surface area is 155 Å². The molecule has 0 spiro atoms. The predicted molar refractivity (Wildman–Crippen MR) is 104 cm³/mol. The third-order valence-electron chi connectivity index (χ3n) is 5.23. The molecule has 5 rings (SSSR count). The fourth-order valence-corrected chi connectivity index (χ4v) is 4.25. The van der Waals surface area contributed by atoms with Gasteiger partial charge in [-0.2, -0.15) is 5.21 Å². The van der Waals surface area contributed by atoms with Crippen LogP contribution in [0.5, 0.6) is 0 Å². The fraction of sp³-hybridized carbons (Fsp3) is 0.150. The Hall–Kier alpha value is -2.92. The summed E-state index contributed by atoms with van der Waals surface area (Å²) in [5.41, 5.74) is 11.3. The molecule has 6 heteroatoms. The highest BCUT2D eigenvalue weighted by molar-refractivity contribution is 6.30. The first-order chi connectivity index (χ1) is 12.7. The Bertz CT molecular complexity index is 1090. The summed E-state index contributed by atoms with van der Waals surface area (Å²) >= 11 is 6.10. The number of tetrazole rings is 1. The van der Waals surface area contributed by atoms with Gasteiger partial charge in [0, 0.05) is 29.7 Å². The molecule has 2 aliphatic rings. The molecule has 0 saturated heterocycles. The number of nitrogens with one attached hydrogen (secondary N) is 2. The summed E-state index contributed by atoms with van der Waals surface area (Å²) in [4.78, 5) is 0. The molecule has 128 valence electrons. The van der Waals surface area contributed by atoms with Gasteiger partial charge in [0.15, 0.2) is 5.82 Å². The summed E-state index contributed by atoms with van der Waals surface area (Å²) in [6.07, 6.45) is 0.674. The van der Waals surface area contributed by atoms with Crippen molar-refractivity contribution in [1.29, 1.82) is 0 Å². The van der Waals surface area contributed by atoms with Crippen molar-refractivity contribution in [2.24, 2.45) is 0 Å². The summed E-state index contributed by atoms with van der Waals surface area (Å²) in [6, 6.07) is 12.4. The van der Waals surface area contributed by atoms with Crippen LogP contribution in [0.1, 0.15) is 35.0 Å². The van der Waals surface area contributed by atoms with E-state index in [4.69, 9.17) is 11.6 Å². The van der Waals surface area contributed by atoms with Crippen molar-refractivity contribution < 1.29 is 0 Å². The van der Waals surface area contributed by atoms with Gasteiger partial charge < -0.3 is 5.32 Å². The molecular formula is C20H16ClN5. The molecule has 0 radical (unpaired) electrons. The summed E-state index contributed by atoms with van der Waals surface area (Å²) in [5.74, 6) is 0.710. The molecule has 2 N–H and O–H groups in total. The number of aromatic nitrogens is 4. The Morgan fingerprint density at radius 3 is 2.54 bits per heavy atom. The van der Waals surface area contributed by atoms with E-state index in [1.165, 1.54) is 44.5 Å². The molecule has 3 aromatic rings. The molecule has 26 heavy (non-hydrogen) atoms. The first-order valence-electron chi connectivity index (χ1n) is 8.47. The van der Waals surface area contributed by atoms with Gasteiger partial charge in [-0.05, 0) is 64.1 Å². The van der Waals surface area contributed by atoms with Crippen molar-refractivity contribution in [3.05, 3.63) is 75.1 Å². The average molecular weight is 362 g/mol. The topological polar surface area (TPSA) is 66.5 Å². The van der Waals surface area contributed by atoms with Gasteiger partial charge in [0.25, 0.3) is 0 Å². The number of aromatic amines is 1. The van der Waals surface area contributed by atoms with Crippen molar-refractivity contribution in [1.82, 2.24) is 20.6 Å². The summed E-state index contributed by atoms with van der Waals surface area (Å²) < 4.78 is 0. The molecule has 4 bridgehead atoms. The van der Waals surface area contributed by atoms with Crippen molar-refractivity contribution in [2.45, 2.75) is 13.3 Å². The van der Waals surface area contributed by atoms with Crippen molar-refractivity contribution in [3.63, 3.8) is 0 Å². The minimum Gasteiger partial charge on any atom is -0.388 e. The molecular weight excluding hydrogens is 346 g/mol. The monoisotopic (exact) mass is 361 g/mol. The summed E-state index contributed by atoms with van der Waals surface area (Å²) in [5, 5.41) is 18.6. The minimum atomic E-state index is 0.674. The van der Waals surface area contributed by atoms with E-state index in [0.717, 1.165) is 10.7 Å². The van der Waals surface area contributed by atoms with Gasteiger partial charge in [0.05, 0.1) is 0 Å². The maximum atomic E-state index is 6.10. The van der Waals surface area contributed by atoms with Crippen LogP contribution < -0.4 is 5.32 Å². The Kier molecular flexibility index (Phi) is 3.27. The van der Waals surface area contributed by atoms with E-state index in [1.807, 2.05) is 19.2 Å². The van der Waals surface area contributed by atoms with Gasteiger partial charge in [-0.3, -0.25) is 0 Å². The molecule has 5 nitrogen and oxygen atoms in total. The average Bonchev–Trinajstić information content (AvgIpc) is 3.30. The lowest BCUT2D eigenvalue weighted by atomic mass is 9.86. The lowest BCUT2D eigenvalue weighted by Gasteiger charge is -2.19. The first kappa shape index (κ1) is 15.3. The Balaban J connectivity index is 1.75. The number of anilines is 1. The van der Waals surface area contributed by atoms with Gasteiger partial charge >= 0.3 is 0 Å². The molecule has 0 amide bonds. The van der Waals surface area contributed by atoms with Crippen LogP contribution in [0.3, 0.4) is 0 Å². The Morgan fingerprint density at radius 1 is 1.04 bits per heavy atom. The van der Waals surface area contributed by atoms with Crippen molar-refractivity contribution in [3.8, 4) is 0 Å². The van der Waals surface area contributed by atoms with Crippen LogP contribution in [0.15, 0.2) is 42.0 Å². The number of benzene rings is 2. The highest BCUT2D eigenvalue weighted by atomic mass is 35.5. The highest BCUT2D eigenvalue weighted by Crippen LogP contribution is 2.57. The SMILES string of the molecule is CNc1ccc2c3c1C(c1ccc(Cl)cc1)=C2C(C)=C3Cc1nn[nH]n1. The number of nitrogens with zero attached hydrogens (tertiary/aromatic N) is 3.